The Bertz CT molecular complexity index is 992. The van der Waals surface area contributed by atoms with Crippen LogP contribution in [0, 0.1) is 13.8 Å². The van der Waals surface area contributed by atoms with E-state index in [4.69, 9.17) is 10.5 Å². The van der Waals surface area contributed by atoms with Gasteiger partial charge in [0.1, 0.15) is 0 Å². The normalized spacial score (nSPS) is 13.3. The van der Waals surface area contributed by atoms with Crippen LogP contribution in [0.1, 0.15) is 46.3 Å². The summed E-state index contributed by atoms with van der Waals surface area (Å²) in [5.74, 6) is -1.15. The second kappa shape index (κ2) is 8.40. The quantitative estimate of drug-likeness (QED) is 0.480. The molecule has 0 saturated carbocycles. The Labute approximate surface area is 164 Å². The second-order valence-corrected chi connectivity index (χ2v) is 7.05. The van der Waals surface area contributed by atoms with Crippen molar-refractivity contribution in [3.8, 4) is 0 Å². The fourth-order valence-corrected chi connectivity index (χ4v) is 3.58. The lowest BCUT2D eigenvalue weighted by atomic mass is 9.87. The summed E-state index contributed by atoms with van der Waals surface area (Å²) in [7, 11) is 0. The summed E-state index contributed by atoms with van der Waals surface area (Å²) >= 11 is 0. The molecule has 5 nitrogen and oxygen atoms in total. The predicted molar refractivity (Wildman–Crippen MR) is 111 cm³/mol. The third kappa shape index (κ3) is 3.85. The Balaban J connectivity index is 1.98. The fraction of sp³-hybridized carbons (Fsp3) is 0.304. The molecule has 146 valence electrons. The highest BCUT2D eigenvalue weighted by atomic mass is 16.5. The molecule has 28 heavy (non-hydrogen) atoms. The van der Waals surface area contributed by atoms with Crippen LogP contribution in [0.15, 0.2) is 48.7 Å². The Morgan fingerprint density at radius 3 is 2.50 bits per heavy atom. The number of esters is 1. The summed E-state index contributed by atoms with van der Waals surface area (Å²) in [6, 6.07) is 12.2. The molecule has 5 heteroatoms. The summed E-state index contributed by atoms with van der Waals surface area (Å²) in [6.07, 6.45) is 2.02. The molecule has 0 bridgehead atoms. The van der Waals surface area contributed by atoms with Gasteiger partial charge < -0.3 is 15.5 Å². The average molecular weight is 378 g/mol. The first kappa shape index (κ1) is 19.8. The maximum Gasteiger partial charge on any atom is 0.313 e. The van der Waals surface area contributed by atoms with Crippen LogP contribution in [-0.4, -0.2) is 29.4 Å². The summed E-state index contributed by atoms with van der Waals surface area (Å²) in [5.41, 5.74) is 10.8. The standard InChI is InChI=1S/C23H26N2O3/c1-4-28-23(27)17(12-19(24)22(26)16-8-6-5-7-9-16)18-13-25-20-11-10-14(2)15(3)21(18)20/h5-11,13,17,19,25H,4,12,24H2,1-3H3. The Kier molecular flexibility index (Phi) is 5.95. The van der Waals surface area contributed by atoms with E-state index in [0.717, 1.165) is 27.6 Å². The molecule has 2 atom stereocenters. The Morgan fingerprint density at radius 1 is 1.11 bits per heavy atom. The van der Waals surface area contributed by atoms with Gasteiger partial charge in [0, 0.05) is 22.7 Å². The van der Waals surface area contributed by atoms with Crippen molar-refractivity contribution >= 4 is 22.7 Å². The highest BCUT2D eigenvalue weighted by Gasteiger charge is 2.30. The maximum absolute atomic E-state index is 12.8. The molecular weight excluding hydrogens is 352 g/mol. The first-order valence-corrected chi connectivity index (χ1v) is 9.52. The molecule has 3 aromatic rings. The SMILES string of the molecule is CCOC(=O)C(CC(N)C(=O)c1ccccc1)c1c[nH]c2ccc(C)c(C)c12. The minimum Gasteiger partial charge on any atom is -0.466 e. The number of carbonyl (C=O) groups is 2. The van der Waals surface area contributed by atoms with Crippen molar-refractivity contribution < 1.29 is 14.3 Å². The van der Waals surface area contributed by atoms with Crippen molar-refractivity contribution in [2.75, 3.05) is 6.61 Å². The van der Waals surface area contributed by atoms with E-state index in [1.807, 2.05) is 38.2 Å². The smallest absolute Gasteiger partial charge is 0.313 e. The van der Waals surface area contributed by atoms with Gasteiger partial charge in [-0.25, -0.2) is 0 Å². The highest BCUT2D eigenvalue weighted by molar-refractivity contribution is 6.00. The number of hydrogen-bond donors (Lipinski definition) is 2. The first-order chi connectivity index (χ1) is 13.4. The van der Waals surface area contributed by atoms with Crippen LogP contribution < -0.4 is 5.73 Å². The second-order valence-electron chi connectivity index (χ2n) is 7.05. The van der Waals surface area contributed by atoms with E-state index in [1.165, 1.54) is 0 Å². The number of nitrogens with two attached hydrogens (primary N) is 1. The number of fused-ring (bicyclic) bond motifs is 1. The molecule has 0 saturated heterocycles. The third-order valence-electron chi connectivity index (χ3n) is 5.24. The largest absolute Gasteiger partial charge is 0.466 e. The van der Waals surface area contributed by atoms with Gasteiger partial charge in [-0.1, -0.05) is 36.4 Å². The van der Waals surface area contributed by atoms with E-state index in [0.29, 0.717) is 5.56 Å². The molecule has 2 aromatic carbocycles. The van der Waals surface area contributed by atoms with Crippen LogP contribution in [0.3, 0.4) is 0 Å². The number of aromatic nitrogens is 1. The monoisotopic (exact) mass is 378 g/mol. The summed E-state index contributed by atoms with van der Waals surface area (Å²) in [5, 5.41) is 0.998. The molecular formula is C23H26N2O3. The zero-order valence-corrected chi connectivity index (χ0v) is 16.5. The van der Waals surface area contributed by atoms with Crippen LogP contribution in [0.5, 0.6) is 0 Å². The minimum absolute atomic E-state index is 0.178. The summed E-state index contributed by atoms with van der Waals surface area (Å²) in [6.45, 7) is 6.12. The van der Waals surface area contributed by atoms with Gasteiger partial charge in [0.15, 0.2) is 5.78 Å². The predicted octanol–water partition coefficient (Wildman–Crippen LogP) is 4.03. The highest BCUT2D eigenvalue weighted by Crippen LogP contribution is 2.33. The van der Waals surface area contributed by atoms with Gasteiger partial charge in [0.25, 0.3) is 0 Å². The Morgan fingerprint density at radius 2 is 1.82 bits per heavy atom. The average Bonchev–Trinajstić information content (AvgIpc) is 3.13. The number of carbonyl (C=O) groups excluding carboxylic acids is 2. The summed E-state index contributed by atoms with van der Waals surface area (Å²) < 4.78 is 5.31. The van der Waals surface area contributed by atoms with Gasteiger partial charge >= 0.3 is 5.97 Å². The van der Waals surface area contributed by atoms with Gasteiger partial charge in [-0.15, -0.1) is 0 Å². The zero-order valence-electron chi connectivity index (χ0n) is 16.5. The van der Waals surface area contributed by atoms with Crippen LogP contribution >= 0.6 is 0 Å². The molecule has 0 fully saturated rings. The number of hydrogen-bond acceptors (Lipinski definition) is 4. The number of ketones is 1. The van der Waals surface area contributed by atoms with E-state index in [9.17, 15) is 9.59 Å². The molecule has 0 aliphatic rings. The Hall–Kier alpha value is -2.92. The van der Waals surface area contributed by atoms with Crippen LogP contribution in [0.2, 0.25) is 0 Å². The molecule has 0 aliphatic carbocycles. The first-order valence-electron chi connectivity index (χ1n) is 9.52. The lowest BCUT2D eigenvalue weighted by Gasteiger charge is -2.20. The van der Waals surface area contributed by atoms with E-state index in [-0.39, 0.29) is 24.8 Å². The van der Waals surface area contributed by atoms with Gasteiger partial charge in [0.2, 0.25) is 0 Å². The third-order valence-corrected chi connectivity index (χ3v) is 5.24. The topological polar surface area (TPSA) is 85.2 Å². The van der Waals surface area contributed by atoms with Crippen molar-refractivity contribution in [3.05, 3.63) is 70.9 Å². The number of ether oxygens (including phenoxy) is 1. The van der Waals surface area contributed by atoms with Gasteiger partial charge in [-0.2, -0.15) is 0 Å². The number of rotatable bonds is 7. The van der Waals surface area contributed by atoms with Crippen LogP contribution in [-0.2, 0) is 9.53 Å². The molecule has 0 amide bonds. The fourth-order valence-electron chi connectivity index (χ4n) is 3.58. The summed E-state index contributed by atoms with van der Waals surface area (Å²) in [4.78, 5) is 28.7. The lowest BCUT2D eigenvalue weighted by Crippen LogP contribution is -2.34. The van der Waals surface area contributed by atoms with Gasteiger partial charge in [-0.05, 0) is 49.9 Å². The molecule has 1 aromatic heterocycles. The van der Waals surface area contributed by atoms with Crippen LogP contribution in [0.25, 0.3) is 10.9 Å². The van der Waals surface area contributed by atoms with E-state index >= 15 is 0 Å². The van der Waals surface area contributed by atoms with Gasteiger partial charge in [0.05, 0.1) is 18.6 Å². The number of nitrogens with one attached hydrogen (secondary N) is 1. The molecule has 0 aliphatic heterocycles. The molecule has 3 N–H and O–H groups in total. The van der Waals surface area contributed by atoms with Crippen molar-refractivity contribution in [2.45, 2.75) is 39.2 Å². The number of aromatic amines is 1. The molecule has 2 unspecified atom stereocenters. The number of aryl methyl sites for hydroxylation is 2. The van der Waals surface area contributed by atoms with E-state index in [1.54, 1.807) is 31.2 Å². The maximum atomic E-state index is 12.8. The lowest BCUT2D eigenvalue weighted by molar-refractivity contribution is -0.145. The van der Waals surface area contributed by atoms with Crippen molar-refractivity contribution in [2.24, 2.45) is 5.73 Å². The van der Waals surface area contributed by atoms with E-state index in [2.05, 4.69) is 4.98 Å². The molecule has 0 radical (unpaired) electrons. The molecule has 3 rings (SSSR count). The van der Waals surface area contributed by atoms with Gasteiger partial charge in [-0.3, -0.25) is 9.59 Å². The minimum atomic E-state index is -0.799. The zero-order chi connectivity index (χ0) is 20.3. The van der Waals surface area contributed by atoms with Crippen LogP contribution in [0.4, 0.5) is 0 Å². The number of H-pyrrole nitrogens is 1. The van der Waals surface area contributed by atoms with Crippen molar-refractivity contribution in [1.29, 1.82) is 0 Å². The molecule has 1 heterocycles. The number of Topliss-reactive ketones (excluding diaryl/α,β-unsaturated/α-hetero) is 1. The molecule has 0 spiro atoms. The van der Waals surface area contributed by atoms with Crippen molar-refractivity contribution in [1.82, 2.24) is 4.98 Å². The van der Waals surface area contributed by atoms with E-state index < -0.39 is 12.0 Å². The number of benzene rings is 2. The van der Waals surface area contributed by atoms with Crippen molar-refractivity contribution in [3.63, 3.8) is 0 Å².